The van der Waals surface area contributed by atoms with Crippen molar-refractivity contribution in [3.63, 3.8) is 0 Å². The first-order chi connectivity index (χ1) is 32.7. The van der Waals surface area contributed by atoms with Crippen LogP contribution in [0.5, 0.6) is 0 Å². The predicted molar refractivity (Wildman–Crippen MR) is 273 cm³/mol. The van der Waals surface area contributed by atoms with E-state index in [9.17, 15) is 0 Å². The summed E-state index contributed by atoms with van der Waals surface area (Å²) in [5.74, 6) is 1.81. The molecular weight excluding hydrogens is 805 g/mol. The topological polar surface area (TPSA) is 56.7 Å². The molecule has 14 aromatic rings. The van der Waals surface area contributed by atoms with Crippen LogP contribution in [-0.4, -0.2) is 19.5 Å². The van der Waals surface area contributed by atoms with E-state index in [1.807, 2.05) is 24.3 Å². The Balaban J connectivity index is 1.13. The Bertz CT molecular complexity index is 4240. The van der Waals surface area contributed by atoms with E-state index in [0.29, 0.717) is 17.5 Å². The monoisotopic (exact) mass is 840 g/mol. The Kier molecular flexibility index (Phi) is 7.91. The normalized spacial score (nSPS) is 11.9. The maximum atomic E-state index is 6.72. The smallest absolute Gasteiger partial charge is 0.165 e. The molecule has 306 valence electrons. The lowest BCUT2D eigenvalue weighted by atomic mass is 9.89. The molecule has 0 saturated heterocycles. The number of hydrogen-bond donors (Lipinski definition) is 0. The minimum Gasteiger partial charge on any atom is -0.456 e. The molecule has 0 amide bonds. The molecule has 0 aliphatic carbocycles. The summed E-state index contributed by atoms with van der Waals surface area (Å²) in [6.07, 6.45) is 0. The standard InChI is InChI=1S/C61H36N4O/c1-2-16-37(17-3-1)59-62-60(64-61(63-59)57-45-24-10-6-20-40(45)32-41-21-7-11-25-46(41)57)48-31-30-43(65-52-28-14-12-26-47(52)50-33-38-18-4-5-19-39(38)34-53(50)65)36-51(48)56-44-23-9-8-22-42(44)35-55-58(56)49-27-13-15-29-54(49)66-55/h1-36H. The van der Waals surface area contributed by atoms with Crippen molar-refractivity contribution in [3.05, 3.63) is 218 Å². The molecule has 0 atom stereocenters. The van der Waals surface area contributed by atoms with Crippen LogP contribution in [-0.2, 0) is 0 Å². The van der Waals surface area contributed by atoms with Crippen LogP contribution in [0.1, 0.15) is 0 Å². The fraction of sp³-hybridized carbons (Fsp3) is 0. The number of fused-ring (bicyclic) bond motifs is 10. The number of hydrogen-bond acceptors (Lipinski definition) is 4. The average Bonchev–Trinajstić information content (AvgIpc) is 3.91. The Hall–Kier alpha value is -8.93. The molecule has 0 unspecified atom stereocenters. The number of para-hydroxylation sites is 2. The lowest BCUT2D eigenvalue weighted by Gasteiger charge is -2.18. The molecule has 3 aromatic heterocycles. The molecule has 5 nitrogen and oxygen atoms in total. The van der Waals surface area contributed by atoms with Crippen LogP contribution in [0.15, 0.2) is 223 Å². The molecule has 0 N–H and O–H groups in total. The van der Waals surface area contributed by atoms with Gasteiger partial charge in [-0.2, -0.15) is 0 Å². The number of furan rings is 1. The summed E-state index contributed by atoms with van der Waals surface area (Å²) < 4.78 is 9.13. The first-order valence-electron chi connectivity index (χ1n) is 22.3. The third-order valence-corrected chi connectivity index (χ3v) is 13.4. The van der Waals surface area contributed by atoms with Crippen molar-refractivity contribution in [2.45, 2.75) is 0 Å². The molecular formula is C61H36N4O. The maximum absolute atomic E-state index is 6.72. The summed E-state index contributed by atoms with van der Waals surface area (Å²) in [4.78, 5) is 16.3. The van der Waals surface area contributed by atoms with Gasteiger partial charge in [0.2, 0.25) is 0 Å². The average molecular weight is 841 g/mol. The van der Waals surface area contributed by atoms with Crippen molar-refractivity contribution in [2.75, 3.05) is 0 Å². The third-order valence-electron chi connectivity index (χ3n) is 13.4. The molecule has 0 spiro atoms. The van der Waals surface area contributed by atoms with E-state index >= 15 is 0 Å². The van der Waals surface area contributed by atoms with Gasteiger partial charge in [-0.15, -0.1) is 0 Å². The first kappa shape index (κ1) is 36.5. The maximum Gasteiger partial charge on any atom is 0.165 e. The van der Waals surface area contributed by atoms with Crippen molar-refractivity contribution in [1.29, 1.82) is 0 Å². The second-order valence-corrected chi connectivity index (χ2v) is 17.1. The van der Waals surface area contributed by atoms with Crippen LogP contribution in [0, 0.1) is 0 Å². The molecule has 0 saturated carbocycles. The molecule has 14 rings (SSSR count). The summed E-state index contributed by atoms with van der Waals surface area (Å²) in [6.45, 7) is 0. The van der Waals surface area contributed by atoms with E-state index in [-0.39, 0.29) is 0 Å². The van der Waals surface area contributed by atoms with E-state index in [2.05, 4.69) is 199 Å². The van der Waals surface area contributed by atoms with Crippen LogP contribution in [0.2, 0.25) is 0 Å². The van der Waals surface area contributed by atoms with Gasteiger partial charge in [0.1, 0.15) is 11.2 Å². The predicted octanol–water partition coefficient (Wildman–Crippen LogP) is 16.1. The molecule has 0 fully saturated rings. The van der Waals surface area contributed by atoms with E-state index in [4.69, 9.17) is 19.4 Å². The second-order valence-electron chi connectivity index (χ2n) is 17.1. The molecule has 5 heteroatoms. The zero-order valence-electron chi connectivity index (χ0n) is 35.5. The third kappa shape index (κ3) is 5.57. The van der Waals surface area contributed by atoms with Gasteiger partial charge >= 0.3 is 0 Å². The van der Waals surface area contributed by atoms with Crippen molar-refractivity contribution in [1.82, 2.24) is 19.5 Å². The summed E-state index contributed by atoms with van der Waals surface area (Å²) in [7, 11) is 0. The van der Waals surface area contributed by atoms with Gasteiger partial charge in [0.25, 0.3) is 0 Å². The minimum atomic E-state index is 0.583. The fourth-order valence-electron chi connectivity index (χ4n) is 10.4. The van der Waals surface area contributed by atoms with E-state index in [0.717, 1.165) is 98.8 Å². The van der Waals surface area contributed by atoms with Gasteiger partial charge in [0, 0.05) is 49.5 Å². The van der Waals surface area contributed by atoms with Crippen molar-refractivity contribution in [3.8, 4) is 51.0 Å². The number of aromatic nitrogens is 4. The Morgan fingerprint density at radius 2 is 0.879 bits per heavy atom. The largest absolute Gasteiger partial charge is 0.456 e. The van der Waals surface area contributed by atoms with Gasteiger partial charge in [-0.25, -0.2) is 15.0 Å². The minimum absolute atomic E-state index is 0.583. The van der Waals surface area contributed by atoms with Gasteiger partial charge in [0.15, 0.2) is 17.5 Å². The zero-order chi connectivity index (χ0) is 43.3. The van der Waals surface area contributed by atoms with Gasteiger partial charge in [-0.1, -0.05) is 164 Å². The zero-order valence-corrected chi connectivity index (χ0v) is 35.5. The molecule has 0 aliphatic heterocycles. The Morgan fingerprint density at radius 3 is 1.62 bits per heavy atom. The Morgan fingerprint density at radius 1 is 0.318 bits per heavy atom. The number of nitrogens with zero attached hydrogens (tertiary/aromatic N) is 4. The van der Waals surface area contributed by atoms with Crippen molar-refractivity contribution in [2.24, 2.45) is 0 Å². The highest BCUT2D eigenvalue weighted by Gasteiger charge is 2.24. The van der Waals surface area contributed by atoms with Crippen molar-refractivity contribution >= 4 is 86.8 Å². The molecule has 0 bridgehead atoms. The SMILES string of the molecule is c1ccc(-c2nc(-c3ccc(-n4c5ccccc5c5cc6ccccc6cc54)cc3-c3c4ccccc4cc4oc5ccccc5c34)nc(-c3c4ccccc4cc4ccccc34)n2)cc1. The highest BCUT2D eigenvalue weighted by molar-refractivity contribution is 6.22. The first-order valence-corrected chi connectivity index (χ1v) is 22.3. The van der Waals surface area contributed by atoms with Gasteiger partial charge in [-0.05, 0) is 103 Å². The molecule has 0 aliphatic rings. The summed E-state index contributed by atoms with van der Waals surface area (Å²) in [5.41, 5.74) is 9.81. The van der Waals surface area contributed by atoms with Crippen LogP contribution in [0.3, 0.4) is 0 Å². The lowest BCUT2D eigenvalue weighted by Crippen LogP contribution is -2.03. The van der Waals surface area contributed by atoms with Gasteiger partial charge in [0.05, 0.1) is 11.0 Å². The molecule has 11 aromatic carbocycles. The van der Waals surface area contributed by atoms with Crippen molar-refractivity contribution < 1.29 is 4.42 Å². The van der Waals surface area contributed by atoms with Crippen LogP contribution in [0.25, 0.3) is 138 Å². The van der Waals surface area contributed by atoms with Gasteiger partial charge < -0.3 is 8.98 Å². The second kappa shape index (κ2) is 14.3. The summed E-state index contributed by atoms with van der Waals surface area (Å²) >= 11 is 0. The van der Waals surface area contributed by atoms with Gasteiger partial charge in [-0.3, -0.25) is 0 Å². The van der Waals surface area contributed by atoms with Crippen LogP contribution < -0.4 is 0 Å². The highest BCUT2D eigenvalue weighted by atomic mass is 16.3. The summed E-state index contributed by atoms with van der Waals surface area (Å²) in [5, 5.41) is 13.5. The number of benzene rings is 11. The summed E-state index contributed by atoms with van der Waals surface area (Å²) in [6, 6.07) is 77.5. The van der Waals surface area contributed by atoms with E-state index in [1.165, 1.54) is 21.5 Å². The Labute approximate surface area is 378 Å². The van der Waals surface area contributed by atoms with Crippen LogP contribution >= 0.6 is 0 Å². The fourth-order valence-corrected chi connectivity index (χ4v) is 10.4. The molecule has 3 heterocycles. The number of rotatable bonds is 5. The highest BCUT2D eigenvalue weighted by Crippen LogP contribution is 2.47. The van der Waals surface area contributed by atoms with E-state index < -0.39 is 0 Å². The van der Waals surface area contributed by atoms with E-state index in [1.54, 1.807) is 0 Å². The molecule has 66 heavy (non-hydrogen) atoms. The lowest BCUT2D eigenvalue weighted by molar-refractivity contribution is 0.669. The van der Waals surface area contributed by atoms with Crippen LogP contribution in [0.4, 0.5) is 0 Å². The molecule has 0 radical (unpaired) electrons. The quantitative estimate of drug-likeness (QED) is 0.162.